The minimum atomic E-state index is -0.507. The maximum absolute atomic E-state index is 12.0. The Morgan fingerprint density at radius 2 is 2.04 bits per heavy atom. The first-order chi connectivity index (χ1) is 11.6. The second-order valence-electron chi connectivity index (χ2n) is 5.42. The summed E-state index contributed by atoms with van der Waals surface area (Å²) in [5.74, 6) is 1.07. The number of benzene rings is 2. The molecule has 1 unspecified atom stereocenters. The second-order valence-corrected chi connectivity index (χ2v) is 6.59. The minimum absolute atomic E-state index is 0.0604. The molecule has 1 aliphatic rings. The summed E-state index contributed by atoms with van der Waals surface area (Å²) >= 11 is 1.64. The van der Waals surface area contributed by atoms with Gasteiger partial charge in [0.25, 0.3) is 5.91 Å². The van der Waals surface area contributed by atoms with Crippen LogP contribution in [0.2, 0.25) is 0 Å². The van der Waals surface area contributed by atoms with Gasteiger partial charge >= 0.3 is 0 Å². The quantitative estimate of drug-likeness (QED) is 0.816. The Morgan fingerprint density at radius 1 is 1.25 bits per heavy atom. The lowest BCUT2D eigenvalue weighted by atomic mass is 10.2. The third kappa shape index (κ3) is 4.08. The Balaban J connectivity index is 1.53. The summed E-state index contributed by atoms with van der Waals surface area (Å²) in [5, 5.41) is 5.61. The number of carbonyl (C=O) groups excluding carboxylic acids is 2. The van der Waals surface area contributed by atoms with Crippen LogP contribution < -0.4 is 15.4 Å². The van der Waals surface area contributed by atoms with Crippen molar-refractivity contribution in [3.8, 4) is 5.75 Å². The fraction of sp³-hybridized carbons (Fsp3) is 0.222. The number of amides is 2. The first-order valence-corrected chi connectivity index (χ1v) is 8.69. The highest BCUT2D eigenvalue weighted by Crippen LogP contribution is 2.32. The van der Waals surface area contributed by atoms with E-state index in [1.54, 1.807) is 36.9 Å². The lowest BCUT2D eigenvalue weighted by molar-refractivity contribution is -0.122. The van der Waals surface area contributed by atoms with E-state index in [1.807, 2.05) is 30.3 Å². The molecule has 0 saturated heterocycles. The van der Waals surface area contributed by atoms with Crippen molar-refractivity contribution in [3.05, 3.63) is 48.5 Å². The number of anilines is 2. The van der Waals surface area contributed by atoms with Gasteiger partial charge in [0.1, 0.15) is 5.75 Å². The van der Waals surface area contributed by atoms with Gasteiger partial charge in [-0.3, -0.25) is 9.59 Å². The molecule has 5 nitrogen and oxygen atoms in total. The molecule has 1 heterocycles. The second kappa shape index (κ2) is 7.40. The topological polar surface area (TPSA) is 67.4 Å². The van der Waals surface area contributed by atoms with Crippen molar-refractivity contribution < 1.29 is 14.3 Å². The van der Waals surface area contributed by atoms with Gasteiger partial charge in [-0.15, -0.1) is 11.8 Å². The van der Waals surface area contributed by atoms with Gasteiger partial charge in [0.05, 0.1) is 5.69 Å². The number of carbonyl (C=O) groups is 2. The molecule has 2 amide bonds. The number of rotatable bonds is 5. The molecule has 0 saturated carbocycles. The number of ether oxygens (including phenoxy) is 1. The molecule has 0 spiro atoms. The van der Waals surface area contributed by atoms with Gasteiger partial charge in [0.15, 0.2) is 6.10 Å². The number of nitrogens with one attached hydrogen (secondary N) is 2. The zero-order chi connectivity index (χ0) is 16.9. The molecular formula is C18H18N2O3S. The Hall–Kier alpha value is -2.47. The van der Waals surface area contributed by atoms with E-state index in [2.05, 4.69) is 10.6 Å². The van der Waals surface area contributed by atoms with Crippen LogP contribution in [0.15, 0.2) is 53.4 Å². The van der Waals surface area contributed by atoms with Crippen LogP contribution in [0.3, 0.4) is 0 Å². The van der Waals surface area contributed by atoms with Crippen LogP contribution in [0, 0.1) is 0 Å². The van der Waals surface area contributed by atoms with Crippen molar-refractivity contribution >= 4 is 35.0 Å². The van der Waals surface area contributed by atoms with Gasteiger partial charge in [-0.2, -0.15) is 0 Å². The molecule has 3 rings (SSSR count). The summed E-state index contributed by atoms with van der Waals surface area (Å²) in [6.07, 6.45) is -0.0933. The normalized spacial score (nSPS) is 15.9. The highest BCUT2D eigenvalue weighted by Gasteiger charge is 2.23. The van der Waals surface area contributed by atoms with E-state index in [4.69, 9.17) is 4.74 Å². The Bertz CT molecular complexity index is 749. The van der Waals surface area contributed by atoms with Crippen LogP contribution in [-0.4, -0.2) is 23.7 Å². The van der Waals surface area contributed by atoms with Crippen molar-refractivity contribution in [2.75, 3.05) is 16.4 Å². The Morgan fingerprint density at radius 3 is 2.83 bits per heavy atom. The van der Waals surface area contributed by atoms with E-state index >= 15 is 0 Å². The molecule has 124 valence electrons. The summed E-state index contributed by atoms with van der Waals surface area (Å²) in [6.45, 7) is 1.69. The first kappa shape index (κ1) is 16.4. The van der Waals surface area contributed by atoms with Gasteiger partial charge in [-0.1, -0.05) is 18.2 Å². The largest absolute Gasteiger partial charge is 0.479 e. The van der Waals surface area contributed by atoms with E-state index in [1.165, 1.54) is 0 Å². The first-order valence-electron chi connectivity index (χ1n) is 7.71. The zero-order valence-electron chi connectivity index (χ0n) is 13.2. The maximum Gasteiger partial charge on any atom is 0.265 e. The van der Waals surface area contributed by atoms with E-state index in [9.17, 15) is 9.59 Å². The molecule has 24 heavy (non-hydrogen) atoms. The van der Waals surface area contributed by atoms with Crippen LogP contribution in [0.1, 0.15) is 13.3 Å². The van der Waals surface area contributed by atoms with Gasteiger partial charge in [0.2, 0.25) is 5.91 Å². The predicted octanol–water partition coefficient (Wildman–Crippen LogP) is 3.53. The van der Waals surface area contributed by atoms with Crippen LogP contribution in [-0.2, 0) is 9.59 Å². The van der Waals surface area contributed by atoms with Gasteiger partial charge < -0.3 is 15.4 Å². The molecule has 2 N–H and O–H groups in total. The van der Waals surface area contributed by atoms with Crippen LogP contribution >= 0.6 is 11.8 Å². The highest BCUT2D eigenvalue weighted by molar-refractivity contribution is 7.99. The van der Waals surface area contributed by atoms with E-state index in [0.717, 1.165) is 4.90 Å². The summed E-state index contributed by atoms with van der Waals surface area (Å²) in [4.78, 5) is 24.8. The van der Waals surface area contributed by atoms with E-state index in [-0.39, 0.29) is 11.8 Å². The third-order valence-corrected chi connectivity index (χ3v) is 4.55. The molecule has 1 atom stereocenters. The van der Waals surface area contributed by atoms with Crippen molar-refractivity contribution in [3.63, 3.8) is 0 Å². The van der Waals surface area contributed by atoms with Crippen LogP contribution in [0.4, 0.5) is 11.4 Å². The van der Waals surface area contributed by atoms with Crippen molar-refractivity contribution in [2.45, 2.75) is 24.3 Å². The summed E-state index contributed by atoms with van der Waals surface area (Å²) in [5.41, 5.74) is 1.22. The predicted molar refractivity (Wildman–Crippen MR) is 95.6 cm³/mol. The monoisotopic (exact) mass is 342 g/mol. The number of hydrogen-bond donors (Lipinski definition) is 2. The zero-order valence-corrected chi connectivity index (χ0v) is 14.1. The molecule has 0 aliphatic carbocycles. The molecule has 0 aromatic heterocycles. The highest BCUT2D eigenvalue weighted by atomic mass is 32.2. The standard InChI is InChI=1S/C18H18N2O3S/c1-12-18(22)20-15-11-13(7-8-16(15)23-12)19-17(21)9-10-24-14-5-3-2-4-6-14/h2-8,11-12H,9-10H2,1H3,(H,19,21)(H,20,22). The SMILES string of the molecule is CC1Oc2ccc(NC(=O)CCSc3ccccc3)cc2NC1=O. The Kier molecular flexibility index (Phi) is 5.05. The molecule has 2 aromatic carbocycles. The smallest absolute Gasteiger partial charge is 0.265 e. The van der Waals surface area contributed by atoms with Crippen molar-refractivity contribution in [1.29, 1.82) is 0 Å². The van der Waals surface area contributed by atoms with Crippen LogP contribution in [0.5, 0.6) is 5.75 Å². The number of fused-ring (bicyclic) bond motifs is 1. The molecule has 1 aliphatic heterocycles. The molecular weight excluding hydrogens is 324 g/mol. The van der Waals surface area contributed by atoms with Crippen molar-refractivity contribution in [1.82, 2.24) is 0 Å². The summed E-state index contributed by atoms with van der Waals surface area (Å²) < 4.78 is 5.49. The molecule has 6 heteroatoms. The van der Waals surface area contributed by atoms with E-state index < -0.39 is 6.10 Å². The van der Waals surface area contributed by atoms with E-state index in [0.29, 0.717) is 29.3 Å². The molecule has 0 fully saturated rings. The average molecular weight is 342 g/mol. The number of hydrogen-bond acceptors (Lipinski definition) is 4. The molecule has 2 aromatic rings. The Labute approximate surface area is 144 Å². The summed E-state index contributed by atoms with van der Waals surface area (Å²) in [6, 6.07) is 15.2. The molecule has 0 bridgehead atoms. The maximum atomic E-state index is 12.0. The molecule has 0 radical (unpaired) electrons. The van der Waals surface area contributed by atoms with Gasteiger partial charge in [-0.05, 0) is 37.3 Å². The number of thioether (sulfide) groups is 1. The lowest BCUT2D eigenvalue weighted by Crippen LogP contribution is -2.34. The minimum Gasteiger partial charge on any atom is -0.479 e. The third-order valence-electron chi connectivity index (χ3n) is 3.54. The lowest BCUT2D eigenvalue weighted by Gasteiger charge is -2.23. The fourth-order valence-corrected chi connectivity index (χ4v) is 3.16. The summed E-state index contributed by atoms with van der Waals surface area (Å²) in [7, 11) is 0. The average Bonchev–Trinajstić information content (AvgIpc) is 2.57. The van der Waals surface area contributed by atoms with Crippen LogP contribution in [0.25, 0.3) is 0 Å². The van der Waals surface area contributed by atoms with Crippen molar-refractivity contribution in [2.24, 2.45) is 0 Å². The fourth-order valence-electron chi connectivity index (χ4n) is 2.29. The van der Waals surface area contributed by atoms with Gasteiger partial charge in [0, 0.05) is 22.8 Å². The van der Waals surface area contributed by atoms with Gasteiger partial charge in [-0.25, -0.2) is 0 Å².